The highest BCUT2D eigenvalue weighted by atomic mass is 35.5. The topological polar surface area (TPSA) is 106 Å². The molecule has 4 rings (SSSR count). The third-order valence-electron chi connectivity index (χ3n) is 5.45. The van der Waals surface area contributed by atoms with Crippen molar-refractivity contribution in [1.82, 2.24) is 14.8 Å². The molecule has 1 aliphatic rings. The number of pyridine rings is 1. The highest BCUT2D eigenvalue weighted by Crippen LogP contribution is 2.26. The SMILES string of the molecule is NC(=O)C1CCN(c2ncccc2CNc2cnn(-c3ccccc3)c(=O)c2Cl)CC1. The van der Waals surface area contributed by atoms with Crippen LogP contribution >= 0.6 is 11.6 Å². The van der Waals surface area contributed by atoms with Gasteiger partial charge in [0.2, 0.25) is 5.91 Å². The smallest absolute Gasteiger partial charge is 0.292 e. The number of halogens is 1. The number of hydrogen-bond donors (Lipinski definition) is 2. The van der Waals surface area contributed by atoms with Gasteiger partial charge in [-0.2, -0.15) is 9.78 Å². The number of rotatable bonds is 6. The molecular weight excluding hydrogens is 416 g/mol. The molecule has 2 aromatic heterocycles. The van der Waals surface area contributed by atoms with E-state index in [4.69, 9.17) is 17.3 Å². The monoisotopic (exact) mass is 438 g/mol. The van der Waals surface area contributed by atoms with E-state index in [1.54, 1.807) is 24.5 Å². The molecule has 0 unspecified atom stereocenters. The third-order valence-corrected chi connectivity index (χ3v) is 5.82. The average molecular weight is 439 g/mol. The fourth-order valence-corrected chi connectivity index (χ4v) is 3.92. The standard InChI is InChI=1S/C22H23ClN6O2/c23-19-18(14-27-29(22(19)31)17-6-2-1-3-7-17)26-13-16-5-4-10-25-21(16)28-11-8-15(9-12-28)20(24)30/h1-7,10,14-15,26H,8-9,11-13H2,(H2,24,30). The quantitative estimate of drug-likeness (QED) is 0.612. The molecule has 160 valence electrons. The lowest BCUT2D eigenvalue weighted by Crippen LogP contribution is -2.39. The first-order chi connectivity index (χ1) is 15.0. The first kappa shape index (κ1) is 20.9. The van der Waals surface area contributed by atoms with Gasteiger partial charge in [-0.25, -0.2) is 4.98 Å². The molecule has 3 N–H and O–H groups in total. The van der Waals surface area contributed by atoms with Gasteiger partial charge in [0.05, 0.1) is 17.6 Å². The summed E-state index contributed by atoms with van der Waals surface area (Å²) in [5.41, 5.74) is 7.12. The molecule has 31 heavy (non-hydrogen) atoms. The molecule has 1 aromatic carbocycles. The van der Waals surface area contributed by atoms with Crippen molar-refractivity contribution < 1.29 is 4.79 Å². The van der Waals surface area contributed by atoms with E-state index in [9.17, 15) is 9.59 Å². The van der Waals surface area contributed by atoms with Crippen LogP contribution in [0.2, 0.25) is 5.02 Å². The largest absolute Gasteiger partial charge is 0.378 e. The fraction of sp³-hybridized carbons (Fsp3) is 0.273. The molecule has 0 saturated carbocycles. The number of benzene rings is 1. The van der Waals surface area contributed by atoms with Gasteiger partial charge >= 0.3 is 0 Å². The Balaban J connectivity index is 1.50. The van der Waals surface area contributed by atoms with Crippen LogP contribution < -0.4 is 21.5 Å². The molecule has 9 heteroatoms. The molecule has 1 aliphatic heterocycles. The summed E-state index contributed by atoms with van der Waals surface area (Å²) in [5, 5.41) is 7.53. The molecule has 1 amide bonds. The van der Waals surface area contributed by atoms with Crippen molar-refractivity contribution in [3.05, 3.63) is 75.8 Å². The van der Waals surface area contributed by atoms with E-state index in [-0.39, 0.29) is 16.8 Å². The first-order valence-corrected chi connectivity index (χ1v) is 10.5. The van der Waals surface area contributed by atoms with Crippen molar-refractivity contribution in [2.75, 3.05) is 23.3 Å². The van der Waals surface area contributed by atoms with E-state index in [1.165, 1.54) is 4.68 Å². The summed E-state index contributed by atoms with van der Waals surface area (Å²) in [6.07, 6.45) is 4.72. The zero-order chi connectivity index (χ0) is 21.8. The minimum atomic E-state index is -0.391. The molecule has 0 spiro atoms. The van der Waals surface area contributed by atoms with E-state index in [2.05, 4.69) is 20.3 Å². The van der Waals surface area contributed by atoms with E-state index >= 15 is 0 Å². The Bertz CT molecular complexity index is 1130. The van der Waals surface area contributed by atoms with Crippen molar-refractivity contribution in [2.24, 2.45) is 11.7 Å². The van der Waals surface area contributed by atoms with Gasteiger partial charge in [0.1, 0.15) is 10.8 Å². The number of amides is 1. The van der Waals surface area contributed by atoms with Crippen molar-refractivity contribution in [3.63, 3.8) is 0 Å². The molecule has 0 aliphatic carbocycles. The van der Waals surface area contributed by atoms with Gasteiger partial charge in [0.15, 0.2) is 0 Å². The summed E-state index contributed by atoms with van der Waals surface area (Å²) in [6, 6.07) is 13.0. The van der Waals surface area contributed by atoms with Gasteiger partial charge in [0, 0.05) is 37.3 Å². The Morgan fingerprint density at radius 3 is 2.61 bits per heavy atom. The maximum atomic E-state index is 12.7. The van der Waals surface area contributed by atoms with Gasteiger partial charge < -0.3 is 16.0 Å². The van der Waals surface area contributed by atoms with Gasteiger partial charge in [-0.15, -0.1) is 0 Å². The molecule has 3 aromatic rings. The lowest BCUT2D eigenvalue weighted by molar-refractivity contribution is -0.122. The summed E-state index contributed by atoms with van der Waals surface area (Å²) < 4.78 is 1.27. The second kappa shape index (κ2) is 9.18. The fourth-order valence-electron chi connectivity index (χ4n) is 3.73. The average Bonchev–Trinajstić information content (AvgIpc) is 2.81. The lowest BCUT2D eigenvalue weighted by atomic mass is 9.96. The minimum Gasteiger partial charge on any atom is -0.378 e. The Kier molecular flexibility index (Phi) is 6.18. The predicted molar refractivity (Wildman–Crippen MR) is 121 cm³/mol. The summed E-state index contributed by atoms with van der Waals surface area (Å²) in [7, 11) is 0. The van der Waals surface area contributed by atoms with Crippen LogP contribution in [0.1, 0.15) is 18.4 Å². The number of nitrogens with zero attached hydrogens (tertiary/aromatic N) is 4. The maximum absolute atomic E-state index is 12.7. The molecule has 1 fully saturated rings. The van der Waals surface area contributed by atoms with E-state index < -0.39 is 5.56 Å². The number of carbonyl (C=O) groups is 1. The van der Waals surface area contributed by atoms with Gasteiger partial charge in [-0.05, 0) is 31.0 Å². The van der Waals surface area contributed by atoms with Crippen molar-refractivity contribution >= 4 is 29.0 Å². The lowest BCUT2D eigenvalue weighted by Gasteiger charge is -2.32. The third kappa shape index (κ3) is 4.54. The Hall–Kier alpha value is -3.39. The van der Waals surface area contributed by atoms with Crippen LogP contribution in [0.5, 0.6) is 0 Å². The number of aromatic nitrogens is 3. The summed E-state index contributed by atoms with van der Waals surface area (Å²) in [5.74, 6) is 0.525. The van der Waals surface area contributed by atoms with Crippen LogP contribution in [-0.2, 0) is 11.3 Å². The summed E-state index contributed by atoms with van der Waals surface area (Å²) >= 11 is 6.34. The minimum absolute atomic E-state index is 0.0755. The number of primary amides is 1. The highest BCUT2D eigenvalue weighted by Gasteiger charge is 2.25. The van der Waals surface area contributed by atoms with E-state index in [1.807, 2.05) is 30.3 Å². The van der Waals surface area contributed by atoms with Crippen molar-refractivity contribution in [3.8, 4) is 5.69 Å². The summed E-state index contributed by atoms with van der Waals surface area (Å²) in [4.78, 5) is 30.8. The van der Waals surface area contributed by atoms with Crippen LogP contribution in [0.15, 0.2) is 59.7 Å². The van der Waals surface area contributed by atoms with Crippen LogP contribution in [0.3, 0.4) is 0 Å². The van der Waals surface area contributed by atoms with Gasteiger partial charge in [-0.3, -0.25) is 9.59 Å². The Morgan fingerprint density at radius 2 is 1.90 bits per heavy atom. The van der Waals surface area contributed by atoms with Crippen LogP contribution in [0.25, 0.3) is 5.69 Å². The second-order valence-electron chi connectivity index (χ2n) is 7.43. The van der Waals surface area contributed by atoms with Crippen molar-refractivity contribution in [2.45, 2.75) is 19.4 Å². The molecule has 8 nitrogen and oxygen atoms in total. The van der Waals surface area contributed by atoms with E-state index in [0.717, 1.165) is 11.4 Å². The number of carbonyl (C=O) groups excluding carboxylic acids is 1. The Morgan fingerprint density at radius 1 is 1.16 bits per heavy atom. The molecular formula is C22H23ClN6O2. The molecule has 3 heterocycles. The first-order valence-electron chi connectivity index (χ1n) is 10.1. The van der Waals surface area contributed by atoms with Crippen LogP contribution in [0, 0.1) is 5.92 Å². The molecule has 0 bridgehead atoms. The number of anilines is 2. The number of para-hydroxylation sites is 1. The predicted octanol–water partition coefficient (Wildman–Crippen LogP) is 2.59. The van der Waals surface area contributed by atoms with Crippen LogP contribution in [-0.4, -0.2) is 33.8 Å². The highest BCUT2D eigenvalue weighted by molar-refractivity contribution is 6.32. The number of nitrogens with one attached hydrogen (secondary N) is 1. The number of hydrogen-bond acceptors (Lipinski definition) is 6. The molecule has 0 radical (unpaired) electrons. The Labute approximate surface area is 184 Å². The zero-order valence-electron chi connectivity index (χ0n) is 16.9. The molecule has 0 atom stereocenters. The van der Waals surface area contributed by atoms with Gasteiger partial charge in [0.25, 0.3) is 5.56 Å². The second-order valence-corrected chi connectivity index (χ2v) is 7.81. The number of nitrogens with two attached hydrogens (primary N) is 1. The number of piperidine rings is 1. The van der Waals surface area contributed by atoms with Crippen molar-refractivity contribution in [1.29, 1.82) is 0 Å². The normalized spacial score (nSPS) is 14.4. The van der Waals surface area contributed by atoms with E-state index in [0.29, 0.717) is 43.9 Å². The van der Waals surface area contributed by atoms with Gasteiger partial charge in [-0.1, -0.05) is 35.9 Å². The van der Waals surface area contributed by atoms with Crippen LogP contribution in [0.4, 0.5) is 11.5 Å². The maximum Gasteiger partial charge on any atom is 0.292 e. The summed E-state index contributed by atoms with van der Waals surface area (Å²) in [6.45, 7) is 1.86. The zero-order valence-corrected chi connectivity index (χ0v) is 17.6. The molecule has 1 saturated heterocycles.